The molecule has 2 unspecified atom stereocenters. The van der Waals surface area contributed by atoms with Crippen LogP contribution in [0.25, 0.3) is 0 Å². The van der Waals surface area contributed by atoms with E-state index in [1.54, 1.807) is 0 Å². The van der Waals surface area contributed by atoms with Crippen molar-refractivity contribution in [3.63, 3.8) is 0 Å². The Balaban J connectivity index is 0.0000000939. The van der Waals surface area contributed by atoms with Crippen LogP contribution in [0.3, 0.4) is 0 Å². The first-order valence-corrected chi connectivity index (χ1v) is 4.61. The first-order chi connectivity index (χ1) is 5.97. The molecular formula is C8H16N2O2. The molecule has 70 valence electrons. The molecule has 3 aliphatic heterocycles. The highest BCUT2D eigenvalue weighted by Gasteiger charge is 2.42. The first-order valence-electron chi connectivity index (χ1n) is 4.61. The zero-order valence-corrected chi connectivity index (χ0v) is 7.21. The lowest BCUT2D eigenvalue weighted by atomic mass is 10.4. The minimum absolute atomic E-state index is 0.602. The molecule has 4 nitrogen and oxygen atoms in total. The van der Waals surface area contributed by atoms with E-state index in [9.17, 15) is 0 Å². The van der Waals surface area contributed by atoms with Crippen molar-refractivity contribution in [2.45, 2.75) is 12.2 Å². The highest BCUT2D eigenvalue weighted by molar-refractivity contribution is 4.94. The second-order valence-corrected chi connectivity index (χ2v) is 3.23. The average Bonchev–Trinajstić information content (AvgIpc) is 2.78. The summed E-state index contributed by atoms with van der Waals surface area (Å²) in [5.41, 5.74) is 0. The zero-order chi connectivity index (χ0) is 8.23. The molecule has 3 aliphatic rings. The number of nitrogens with one attached hydrogen (secondary N) is 2. The summed E-state index contributed by atoms with van der Waals surface area (Å²) in [6.45, 7) is 6.01. The molecule has 0 spiro atoms. The Bertz CT molecular complexity index is 120. The van der Waals surface area contributed by atoms with Gasteiger partial charge >= 0.3 is 0 Å². The van der Waals surface area contributed by atoms with Crippen LogP contribution in [0, 0.1) is 0 Å². The van der Waals surface area contributed by atoms with Gasteiger partial charge in [0, 0.05) is 26.2 Å². The van der Waals surface area contributed by atoms with Gasteiger partial charge in [-0.15, -0.1) is 0 Å². The minimum atomic E-state index is 0.602. The molecule has 12 heavy (non-hydrogen) atoms. The van der Waals surface area contributed by atoms with Crippen molar-refractivity contribution < 1.29 is 9.47 Å². The van der Waals surface area contributed by atoms with Crippen LogP contribution in [-0.2, 0) is 9.47 Å². The van der Waals surface area contributed by atoms with Crippen molar-refractivity contribution in [1.82, 2.24) is 10.6 Å². The molecule has 0 aromatic heterocycles. The van der Waals surface area contributed by atoms with E-state index in [1.165, 1.54) is 0 Å². The van der Waals surface area contributed by atoms with Gasteiger partial charge in [0.2, 0.25) is 0 Å². The summed E-state index contributed by atoms with van der Waals surface area (Å²) in [7, 11) is 0. The Labute approximate surface area is 72.6 Å². The van der Waals surface area contributed by atoms with E-state index in [0.29, 0.717) is 12.2 Å². The summed E-state index contributed by atoms with van der Waals surface area (Å²) in [4.78, 5) is 0. The van der Waals surface area contributed by atoms with Gasteiger partial charge in [-0.2, -0.15) is 0 Å². The SMILES string of the molecule is C1COCCN1.C1NCC2OC12. The molecule has 0 amide bonds. The number of fused-ring (bicyclic) bond motifs is 1. The van der Waals surface area contributed by atoms with Crippen molar-refractivity contribution in [3.8, 4) is 0 Å². The Kier molecular flexibility index (Phi) is 2.94. The fourth-order valence-electron chi connectivity index (χ4n) is 1.42. The van der Waals surface area contributed by atoms with E-state index in [0.717, 1.165) is 39.4 Å². The molecule has 3 fully saturated rings. The lowest BCUT2D eigenvalue weighted by molar-refractivity contribution is 0.109. The maximum atomic E-state index is 5.09. The Morgan fingerprint density at radius 2 is 1.58 bits per heavy atom. The number of rotatable bonds is 0. The van der Waals surface area contributed by atoms with Crippen LogP contribution < -0.4 is 10.6 Å². The molecule has 3 rings (SSSR count). The van der Waals surface area contributed by atoms with Gasteiger partial charge < -0.3 is 20.1 Å². The summed E-state index contributed by atoms with van der Waals surface area (Å²) in [6.07, 6.45) is 1.20. The van der Waals surface area contributed by atoms with E-state index in [-0.39, 0.29) is 0 Å². The van der Waals surface area contributed by atoms with Gasteiger partial charge in [-0.25, -0.2) is 0 Å². The summed E-state index contributed by atoms with van der Waals surface area (Å²) in [6, 6.07) is 0. The maximum absolute atomic E-state index is 5.09. The highest BCUT2D eigenvalue weighted by atomic mass is 16.6. The van der Waals surface area contributed by atoms with Gasteiger partial charge in [0.05, 0.1) is 25.4 Å². The number of morpholine rings is 2. The van der Waals surface area contributed by atoms with Crippen LogP contribution in [0.5, 0.6) is 0 Å². The molecule has 2 N–H and O–H groups in total. The largest absolute Gasteiger partial charge is 0.379 e. The van der Waals surface area contributed by atoms with E-state index in [1.807, 2.05) is 0 Å². The molecule has 4 heteroatoms. The predicted molar refractivity (Wildman–Crippen MR) is 45.2 cm³/mol. The molecular weight excluding hydrogens is 156 g/mol. The number of hydrogen-bond acceptors (Lipinski definition) is 4. The minimum Gasteiger partial charge on any atom is -0.379 e. The van der Waals surface area contributed by atoms with Crippen LogP contribution in [-0.4, -0.2) is 51.6 Å². The van der Waals surface area contributed by atoms with Gasteiger partial charge in [0.1, 0.15) is 0 Å². The standard InChI is InChI=1S/C4H7NO.C4H9NO/c1-3-4(6-3)2-5-1;1-3-6-4-2-5-1/h3-5H,1-2H2;5H,1-4H2. The lowest BCUT2D eigenvalue weighted by Crippen LogP contribution is -2.30. The predicted octanol–water partition coefficient (Wildman–Crippen LogP) is -1.04. The molecule has 3 heterocycles. The van der Waals surface area contributed by atoms with E-state index in [4.69, 9.17) is 9.47 Å². The van der Waals surface area contributed by atoms with E-state index < -0.39 is 0 Å². The molecule has 0 radical (unpaired) electrons. The first kappa shape index (κ1) is 8.44. The normalized spacial score (nSPS) is 38.0. The average molecular weight is 172 g/mol. The molecule has 0 aromatic rings. The summed E-state index contributed by atoms with van der Waals surface area (Å²) >= 11 is 0. The van der Waals surface area contributed by atoms with Crippen molar-refractivity contribution in [2.24, 2.45) is 0 Å². The van der Waals surface area contributed by atoms with Crippen LogP contribution in [0.15, 0.2) is 0 Å². The topological polar surface area (TPSA) is 45.8 Å². The summed E-state index contributed by atoms with van der Waals surface area (Å²) in [5.74, 6) is 0. The Morgan fingerprint density at radius 3 is 1.75 bits per heavy atom. The summed E-state index contributed by atoms with van der Waals surface area (Å²) < 4.78 is 10.1. The molecule has 2 atom stereocenters. The number of epoxide rings is 1. The van der Waals surface area contributed by atoms with Gasteiger partial charge in [-0.3, -0.25) is 0 Å². The Morgan fingerprint density at radius 1 is 0.917 bits per heavy atom. The third kappa shape index (κ3) is 2.42. The van der Waals surface area contributed by atoms with E-state index in [2.05, 4.69) is 10.6 Å². The summed E-state index contributed by atoms with van der Waals surface area (Å²) in [5, 5.41) is 6.36. The maximum Gasteiger partial charge on any atom is 0.0979 e. The quantitative estimate of drug-likeness (QED) is 0.458. The number of hydrogen-bond donors (Lipinski definition) is 2. The fourth-order valence-corrected chi connectivity index (χ4v) is 1.42. The van der Waals surface area contributed by atoms with Crippen LogP contribution in [0.1, 0.15) is 0 Å². The van der Waals surface area contributed by atoms with Crippen LogP contribution >= 0.6 is 0 Å². The molecule has 3 saturated heterocycles. The van der Waals surface area contributed by atoms with Crippen molar-refractivity contribution >= 4 is 0 Å². The second kappa shape index (κ2) is 4.18. The third-order valence-corrected chi connectivity index (χ3v) is 2.23. The molecule has 0 bridgehead atoms. The van der Waals surface area contributed by atoms with E-state index >= 15 is 0 Å². The van der Waals surface area contributed by atoms with Crippen molar-refractivity contribution in [3.05, 3.63) is 0 Å². The van der Waals surface area contributed by atoms with Crippen LogP contribution in [0.4, 0.5) is 0 Å². The smallest absolute Gasteiger partial charge is 0.0979 e. The fraction of sp³-hybridized carbons (Fsp3) is 1.00. The molecule has 0 saturated carbocycles. The number of ether oxygens (including phenoxy) is 2. The third-order valence-electron chi connectivity index (χ3n) is 2.23. The zero-order valence-electron chi connectivity index (χ0n) is 7.21. The van der Waals surface area contributed by atoms with Gasteiger partial charge in [-0.1, -0.05) is 0 Å². The monoisotopic (exact) mass is 172 g/mol. The van der Waals surface area contributed by atoms with Gasteiger partial charge in [-0.05, 0) is 0 Å². The van der Waals surface area contributed by atoms with Gasteiger partial charge in [0.15, 0.2) is 0 Å². The lowest BCUT2D eigenvalue weighted by Gasteiger charge is -2.10. The van der Waals surface area contributed by atoms with Gasteiger partial charge in [0.25, 0.3) is 0 Å². The second-order valence-electron chi connectivity index (χ2n) is 3.23. The Hall–Kier alpha value is -0.160. The van der Waals surface area contributed by atoms with Crippen LogP contribution in [0.2, 0.25) is 0 Å². The molecule has 0 aliphatic carbocycles. The van der Waals surface area contributed by atoms with Crippen molar-refractivity contribution in [2.75, 3.05) is 39.4 Å². The van der Waals surface area contributed by atoms with Crippen molar-refractivity contribution in [1.29, 1.82) is 0 Å². The molecule has 0 aromatic carbocycles. The highest BCUT2D eigenvalue weighted by Crippen LogP contribution is 2.24.